The van der Waals surface area contributed by atoms with Crippen LogP contribution in [0.1, 0.15) is 11.3 Å². The lowest BCUT2D eigenvalue weighted by Crippen LogP contribution is -2.16. The van der Waals surface area contributed by atoms with Gasteiger partial charge in [0.25, 0.3) is 0 Å². The van der Waals surface area contributed by atoms with Crippen LogP contribution in [0.3, 0.4) is 0 Å². The van der Waals surface area contributed by atoms with Crippen molar-refractivity contribution in [2.45, 2.75) is 25.8 Å². The summed E-state index contributed by atoms with van der Waals surface area (Å²) in [6.07, 6.45) is -4.37. The smallest absolute Gasteiger partial charge is 0.232 e. The van der Waals surface area contributed by atoms with E-state index in [1.54, 1.807) is 0 Å². The van der Waals surface area contributed by atoms with E-state index in [1.165, 1.54) is 0 Å². The summed E-state index contributed by atoms with van der Waals surface area (Å²) in [6, 6.07) is 1.91. The van der Waals surface area contributed by atoms with Gasteiger partial charge in [0, 0.05) is 0 Å². The zero-order valence-electron chi connectivity index (χ0n) is 9.61. The molecule has 0 amide bonds. The summed E-state index contributed by atoms with van der Waals surface area (Å²) in [6.45, 7) is 6.05. The van der Waals surface area contributed by atoms with Gasteiger partial charge in [0.1, 0.15) is 18.4 Å². The van der Waals surface area contributed by atoms with E-state index in [2.05, 4.69) is 32.4 Å². The van der Waals surface area contributed by atoms with Gasteiger partial charge < -0.3 is 0 Å². The minimum atomic E-state index is -4.37. The van der Waals surface area contributed by atoms with Crippen molar-refractivity contribution >= 4 is 24.0 Å². The second kappa shape index (κ2) is 4.82. The number of nitrogens with zero attached hydrogens (tertiary/aromatic N) is 1. The molecule has 0 aromatic carbocycles. The van der Waals surface area contributed by atoms with Gasteiger partial charge >= 0.3 is 6.18 Å². The summed E-state index contributed by atoms with van der Waals surface area (Å²) in [4.78, 5) is 3.92. The van der Waals surface area contributed by atoms with Gasteiger partial charge in [-0.2, -0.15) is 13.2 Å². The van der Waals surface area contributed by atoms with E-state index in [-0.39, 0.29) is 10.3 Å². The number of hydrogen-bond acceptors (Lipinski definition) is 1. The maximum absolute atomic E-state index is 12.5. The highest BCUT2D eigenvalue weighted by molar-refractivity contribution is 9.10. The molecule has 0 saturated carbocycles. The monoisotopic (exact) mass is 321 g/mol. The van der Waals surface area contributed by atoms with Gasteiger partial charge in [-0.25, -0.2) is 4.98 Å². The van der Waals surface area contributed by atoms with E-state index >= 15 is 0 Å². The van der Waals surface area contributed by atoms with Crippen LogP contribution >= 0.6 is 15.9 Å². The third kappa shape index (κ3) is 4.92. The normalized spacial score (nSPS) is 11.9. The zero-order chi connectivity index (χ0) is 13.3. The molecule has 1 nitrogen and oxygen atoms in total. The summed E-state index contributed by atoms with van der Waals surface area (Å²) < 4.78 is 37.7. The van der Waals surface area contributed by atoms with Gasteiger partial charge in [-0.05, 0) is 28.1 Å². The standard InChI is InChI=1S/C11H11BrF3NSi/c1-17(2,3)5-4-9-6-8(11(13,14)15)7-10(12)16-9/h6-7H,1-3H3. The SMILES string of the molecule is C[Si](C)(C)C#Cc1cc(C(F)(F)F)cc(Br)n1. The van der Waals surface area contributed by atoms with Crippen LogP contribution in [0.5, 0.6) is 0 Å². The lowest BCUT2D eigenvalue weighted by atomic mass is 10.2. The van der Waals surface area contributed by atoms with Crippen molar-refractivity contribution in [3.63, 3.8) is 0 Å². The summed E-state index contributed by atoms with van der Waals surface area (Å²) >= 11 is 2.96. The minimum absolute atomic E-state index is 0.146. The van der Waals surface area contributed by atoms with E-state index < -0.39 is 19.8 Å². The quantitative estimate of drug-likeness (QED) is 0.398. The zero-order valence-corrected chi connectivity index (χ0v) is 12.2. The Morgan fingerprint density at radius 2 is 1.82 bits per heavy atom. The summed E-state index contributed by atoms with van der Waals surface area (Å²) in [5, 5.41) is 0. The maximum Gasteiger partial charge on any atom is 0.416 e. The molecule has 1 aromatic heterocycles. The fraction of sp³-hybridized carbons (Fsp3) is 0.364. The molecule has 6 heteroatoms. The number of halogens is 4. The summed E-state index contributed by atoms with van der Waals surface area (Å²) in [5.41, 5.74) is 2.39. The molecule has 0 aliphatic carbocycles. The molecule has 0 bridgehead atoms. The molecular formula is C11H11BrF3NSi. The molecule has 0 fully saturated rings. The van der Waals surface area contributed by atoms with Crippen LogP contribution in [0.15, 0.2) is 16.7 Å². The van der Waals surface area contributed by atoms with Crippen LogP contribution in [0.4, 0.5) is 13.2 Å². The van der Waals surface area contributed by atoms with Gasteiger partial charge in [0.05, 0.1) is 5.56 Å². The molecular weight excluding hydrogens is 311 g/mol. The van der Waals surface area contributed by atoms with E-state index in [0.717, 1.165) is 12.1 Å². The maximum atomic E-state index is 12.5. The molecule has 1 aromatic rings. The highest BCUT2D eigenvalue weighted by Crippen LogP contribution is 2.30. The number of pyridine rings is 1. The highest BCUT2D eigenvalue weighted by atomic mass is 79.9. The second-order valence-electron chi connectivity index (χ2n) is 4.56. The fourth-order valence-electron chi connectivity index (χ4n) is 0.976. The molecule has 0 radical (unpaired) electrons. The van der Waals surface area contributed by atoms with Gasteiger partial charge in [0.2, 0.25) is 0 Å². The largest absolute Gasteiger partial charge is 0.416 e. The molecule has 17 heavy (non-hydrogen) atoms. The van der Waals surface area contributed by atoms with Crippen LogP contribution < -0.4 is 0 Å². The Kier molecular flexibility index (Phi) is 4.05. The Bertz CT molecular complexity index is 480. The van der Waals surface area contributed by atoms with Crippen LogP contribution in [0, 0.1) is 11.5 Å². The van der Waals surface area contributed by atoms with E-state index in [4.69, 9.17) is 0 Å². The Labute approximate surface area is 108 Å². The predicted octanol–water partition coefficient (Wildman–Crippen LogP) is 4.09. The van der Waals surface area contributed by atoms with Crippen LogP contribution in [0.2, 0.25) is 19.6 Å². The minimum Gasteiger partial charge on any atom is -0.232 e. The molecule has 0 N–H and O–H groups in total. The molecule has 0 spiro atoms. The van der Waals surface area contributed by atoms with Crippen LogP contribution in [0.25, 0.3) is 0 Å². The predicted molar refractivity (Wildman–Crippen MR) is 67.2 cm³/mol. The molecule has 1 rings (SSSR count). The van der Waals surface area contributed by atoms with Crippen molar-refractivity contribution < 1.29 is 13.2 Å². The van der Waals surface area contributed by atoms with Crippen molar-refractivity contribution in [1.29, 1.82) is 0 Å². The highest BCUT2D eigenvalue weighted by Gasteiger charge is 2.31. The lowest BCUT2D eigenvalue weighted by Gasteiger charge is -2.07. The number of aromatic nitrogens is 1. The Hall–Kier alpha value is -0.803. The number of alkyl halides is 3. The van der Waals surface area contributed by atoms with Crippen molar-refractivity contribution in [2.75, 3.05) is 0 Å². The Balaban J connectivity index is 3.18. The molecule has 0 saturated heterocycles. The number of rotatable bonds is 0. The molecule has 0 unspecified atom stereocenters. The van der Waals surface area contributed by atoms with Crippen molar-refractivity contribution in [3.05, 3.63) is 28.0 Å². The fourth-order valence-corrected chi connectivity index (χ4v) is 1.92. The third-order valence-corrected chi connectivity index (χ3v) is 2.97. The molecule has 0 aliphatic rings. The average Bonchev–Trinajstić information content (AvgIpc) is 2.11. The van der Waals surface area contributed by atoms with Gasteiger partial charge in [-0.1, -0.05) is 25.6 Å². The van der Waals surface area contributed by atoms with Crippen molar-refractivity contribution in [2.24, 2.45) is 0 Å². The van der Waals surface area contributed by atoms with E-state index in [9.17, 15) is 13.2 Å². The van der Waals surface area contributed by atoms with Crippen LogP contribution in [-0.4, -0.2) is 13.1 Å². The molecule has 0 atom stereocenters. The van der Waals surface area contributed by atoms with E-state index in [1.807, 2.05) is 19.6 Å². The van der Waals surface area contributed by atoms with Crippen LogP contribution in [-0.2, 0) is 6.18 Å². The van der Waals surface area contributed by atoms with Gasteiger partial charge in [-0.3, -0.25) is 0 Å². The molecule has 1 heterocycles. The first kappa shape index (κ1) is 14.3. The Morgan fingerprint density at radius 3 is 2.29 bits per heavy atom. The second-order valence-corrected chi connectivity index (χ2v) is 10.1. The average molecular weight is 322 g/mol. The Morgan fingerprint density at radius 1 is 1.24 bits per heavy atom. The van der Waals surface area contributed by atoms with Gasteiger partial charge in [-0.15, -0.1) is 5.54 Å². The number of hydrogen-bond donors (Lipinski definition) is 0. The summed E-state index contributed by atoms with van der Waals surface area (Å²) in [7, 11) is -1.62. The van der Waals surface area contributed by atoms with Crippen molar-refractivity contribution in [1.82, 2.24) is 4.98 Å². The first-order valence-corrected chi connectivity index (χ1v) is 9.15. The molecule has 0 aliphatic heterocycles. The third-order valence-electron chi connectivity index (χ3n) is 1.69. The van der Waals surface area contributed by atoms with E-state index in [0.29, 0.717) is 0 Å². The van der Waals surface area contributed by atoms with Gasteiger partial charge in [0.15, 0.2) is 0 Å². The molecule has 92 valence electrons. The first-order chi connectivity index (χ1) is 7.58. The lowest BCUT2D eigenvalue weighted by molar-refractivity contribution is -0.137. The summed E-state index contributed by atoms with van der Waals surface area (Å²) in [5.74, 6) is 2.71. The topological polar surface area (TPSA) is 12.9 Å². The van der Waals surface area contributed by atoms with Crippen molar-refractivity contribution in [3.8, 4) is 11.5 Å². The first-order valence-electron chi connectivity index (χ1n) is 4.86.